The summed E-state index contributed by atoms with van der Waals surface area (Å²) in [6, 6.07) is 8.43. The van der Waals surface area contributed by atoms with Crippen molar-refractivity contribution in [3.05, 3.63) is 35.9 Å². The van der Waals surface area contributed by atoms with Gasteiger partial charge < -0.3 is 14.6 Å². The van der Waals surface area contributed by atoms with Crippen LogP contribution in [0.2, 0.25) is 0 Å². The number of carbonyl (C=O) groups excluding carboxylic acids is 2. The van der Waals surface area contributed by atoms with Gasteiger partial charge in [-0.3, -0.25) is 5.32 Å². The fourth-order valence-corrected chi connectivity index (χ4v) is 1.65. The average molecular weight is 415 g/mol. The van der Waals surface area contributed by atoms with Crippen LogP contribution in [-0.2, 0) is 20.9 Å². The standard InChI is InChI=1S/C12H12F2INO5/c1-20-9(17)11(19,12(13,14)15)16-10(18)21-7-8-5-3-2-4-6-8/h2-6,19H,7H2,1H3,(H,16,18). The van der Waals surface area contributed by atoms with E-state index in [2.05, 4.69) is 9.47 Å². The van der Waals surface area contributed by atoms with E-state index < -0.39 is 21.7 Å². The van der Waals surface area contributed by atoms with Gasteiger partial charge in [0.05, 0.1) is 7.11 Å². The van der Waals surface area contributed by atoms with Gasteiger partial charge >= 0.3 is 21.7 Å². The number of ether oxygens (including phenoxy) is 2. The molecule has 0 aliphatic carbocycles. The van der Waals surface area contributed by atoms with Crippen LogP contribution in [0.4, 0.5) is 13.6 Å². The maximum absolute atomic E-state index is 13.3. The van der Waals surface area contributed by atoms with Crippen molar-refractivity contribution in [3.63, 3.8) is 0 Å². The second-order valence-corrected chi connectivity index (χ2v) is 5.24. The minimum absolute atomic E-state index is 0.212. The Labute approximate surface area is 132 Å². The van der Waals surface area contributed by atoms with E-state index in [1.165, 1.54) is 5.32 Å². The average Bonchev–Trinajstić information content (AvgIpc) is 2.44. The largest absolute Gasteiger partial charge is 0.465 e. The highest BCUT2D eigenvalue weighted by molar-refractivity contribution is 14.1. The first kappa shape index (κ1) is 17.6. The molecule has 21 heavy (non-hydrogen) atoms. The molecule has 1 rings (SSSR count). The summed E-state index contributed by atoms with van der Waals surface area (Å²) in [4.78, 5) is 22.7. The minimum Gasteiger partial charge on any atom is -0.465 e. The zero-order valence-electron chi connectivity index (χ0n) is 10.8. The van der Waals surface area contributed by atoms with Crippen molar-refractivity contribution in [1.82, 2.24) is 5.32 Å². The van der Waals surface area contributed by atoms with E-state index in [4.69, 9.17) is 0 Å². The zero-order chi connectivity index (χ0) is 16.1. The number of hydrogen-bond acceptors (Lipinski definition) is 5. The van der Waals surface area contributed by atoms with Crippen LogP contribution in [0.3, 0.4) is 0 Å². The molecule has 0 radical (unpaired) electrons. The first-order valence-corrected chi connectivity index (χ1v) is 6.65. The van der Waals surface area contributed by atoms with Gasteiger partial charge in [-0.1, -0.05) is 30.3 Å². The Bertz CT molecular complexity index is 508. The molecular formula is C12H12F2INO5. The second kappa shape index (κ2) is 6.98. The van der Waals surface area contributed by atoms with Crippen LogP contribution in [0.25, 0.3) is 0 Å². The van der Waals surface area contributed by atoms with Gasteiger partial charge in [-0.25, -0.2) is 9.59 Å². The van der Waals surface area contributed by atoms with E-state index in [1.54, 1.807) is 30.3 Å². The summed E-state index contributed by atoms with van der Waals surface area (Å²) in [5, 5.41) is 11.1. The molecule has 1 atom stereocenters. The van der Waals surface area contributed by atoms with Crippen molar-refractivity contribution in [3.8, 4) is 0 Å². The Balaban J connectivity index is 2.72. The number of alkyl halides is 3. The molecule has 6 nitrogen and oxygen atoms in total. The fraction of sp³-hybridized carbons (Fsp3) is 0.333. The molecule has 0 saturated carbocycles. The molecule has 1 aromatic carbocycles. The van der Waals surface area contributed by atoms with Crippen molar-refractivity contribution >= 4 is 34.7 Å². The van der Waals surface area contributed by atoms with Gasteiger partial charge in [-0.2, -0.15) is 8.78 Å². The van der Waals surface area contributed by atoms with E-state index >= 15 is 0 Å². The zero-order valence-corrected chi connectivity index (χ0v) is 13.0. The highest BCUT2D eigenvalue weighted by Gasteiger charge is 2.59. The molecule has 0 aliphatic heterocycles. The minimum atomic E-state index is -4.00. The molecule has 116 valence electrons. The van der Waals surface area contributed by atoms with E-state index in [0.29, 0.717) is 28.2 Å². The SMILES string of the molecule is COC(=O)C(O)(NC(=O)OCc1ccccc1)C(F)(F)I. The van der Waals surface area contributed by atoms with Gasteiger partial charge in [-0.05, 0) is 5.56 Å². The molecule has 1 unspecified atom stereocenters. The summed E-state index contributed by atoms with van der Waals surface area (Å²) in [6.07, 6.45) is -1.39. The highest BCUT2D eigenvalue weighted by atomic mass is 127. The fourth-order valence-electron chi connectivity index (χ4n) is 1.29. The highest BCUT2D eigenvalue weighted by Crippen LogP contribution is 2.34. The number of aliphatic hydroxyl groups is 1. The van der Waals surface area contributed by atoms with Crippen LogP contribution in [-0.4, -0.2) is 33.9 Å². The summed E-state index contributed by atoms with van der Waals surface area (Å²) in [5.41, 5.74) is -2.91. The molecule has 0 heterocycles. The van der Waals surface area contributed by atoms with Crippen LogP contribution < -0.4 is 5.32 Å². The van der Waals surface area contributed by atoms with Crippen molar-refractivity contribution in [2.75, 3.05) is 7.11 Å². The first-order valence-electron chi connectivity index (χ1n) is 5.57. The molecule has 0 aliphatic rings. The number of rotatable bonds is 5. The molecule has 1 amide bonds. The molecule has 0 bridgehead atoms. The van der Waals surface area contributed by atoms with E-state index in [9.17, 15) is 23.5 Å². The topological polar surface area (TPSA) is 84.9 Å². The van der Waals surface area contributed by atoms with Crippen LogP contribution in [0.15, 0.2) is 30.3 Å². The Kier molecular flexibility index (Phi) is 5.84. The Morgan fingerprint density at radius 1 is 1.33 bits per heavy atom. The monoisotopic (exact) mass is 415 g/mol. The first-order chi connectivity index (χ1) is 9.70. The number of carbonyl (C=O) groups is 2. The molecule has 0 saturated heterocycles. The second-order valence-electron chi connectivity index (χ2n) is 3.89. The molecule has 1 aromatic rings. The van der Waals surface area contributed by atoms with E-state index in [0.717, 1.165) is 7.11 Å². The lowest BCUT2D eigenvalue weighted by Gasteiger charge is -2.29. The predicted octanol–water partition coefficient (Wildman–Crippen LogP) is 1.80. The van der Waals surface area contributed by atoms with Crippen molar-refractivity contribution in [2.45, 2.75) is 16.3 Å². The lowest BCUT2D eigenvalue weighted by Crippen LogP contribution is -2.63. The number of benzene rings is 1. The van der Waals surface area contributed by atoms with Crippen molar-refractivity contribution in [2.24, 2.45) is 0 Å². The summed E-state index contributed by atoms with van der Waals surface area (Å²) in [7, 11) is 0.798. The van der Waals surface area contributed by atoms with Crippen molar-refractivity contribution in [1.29, 1.82) is 0 Å². The quantitative estimate of drug-likeness (QED) is 0.332. The van der Waals surface area contributed by atoms with Crippen molar-refractivity contribution < 1.29 is 33.0 Å². The number of alkyl carbamates (subject to hydrolysis) is 1. The lowest BCUT2D eigenvalue weighted by molar-refractivity contribution is -0.188. The molecule has 2 N–H and O–H groups in total. The summed E-state index contributed by atoms with van der Waals surface area (Å²) in [6.45, 7) is -0.212. The summed E-state index contributed by atoms with van der Waals surface area (Å²) < 4.78 is 31.3. The lowest BCUT2D eigenvalue weighted by atomic mass is 10.2. The molecular weight excluding hydrogens is 403 g/mol. The third-order valence-corrected chi connectivity index (χ3v) is 3.17. The number of halogens is 3. The summed E-state index contributed by atoms with van der Waals surface area (Å²) >= 11 is 0.513. The number of hydrogen-bond donors (Lipinski definition) is 2. The molecule has 0 spiro atoms. The maximum Gasteiger partial charge on any atom is 0.410 e. The van der Waals surface area contributed by atoms with Crippen LogP contribution in [0.5, 0.6) is 0 Å². The number of esters is 1. The Morgan fingerprint density at radius 3 is 2.38 bits per heavy atom. The van der Waals surface area contributed by atoms with E-state index in [1.807, 2.05) is 0 Å². The predicted molar refractivity (Wildman–Crippen MR) is 75.7 cm³/mol. The van der Waals surface area contributed by atoms with Gasteiger partial charge in [0.25, 0.3) is 0 Å². The molecule has 0 fully saturated rings. The van der Waals surface area contributed by atoms with Gasteiger partial charge in [0.15, 0.2) is 0 Å². The Hall–Kier alpha value is -1.49. The van der Waals surface area contributed by atoms with Gasteiger partial charge in [0, 0.05) is 22.6 Å². The number of methoxy groups -OCH3 is 1. The van der Waals surface area contributed by atoms with Gasteiger partial charge in [0.2, 0.25) is 0 Å². The molecule has 0 aromatic heterocycles. The third-order valence-electron chi connectivity index (χ3n) is 2.39. The van der Waals surface area contributed by atoms with E-state index in [-0.39, 0.29) is 6.61 Å². The normalized spacial score (nSPS) is 14.0. The molecule has 9 heteroatoms. The van der Waals surface area contributed by atoms with Gasteiger partial charge in [-0.15, -0.1) is 0 Å². The van der Waals surface area contributed by atoms with Crippen LogP contribution in [0.1, 0.15) is 5.56 Å². The third kappa shape index (κ3) is 4.49. The smallest absolute Gasteiger partial charge is 0.410 e. The summed E-state index contributed by atoms with van der Waals surface area (Å²) in [5.74, 6) is -1.71. The maximum atomic E-state index is 13.3. The van der Waals surface area contributed by atoms with Gasteiger partial charge in [0.1, 0.15) is 6.61 Å². The number of nitrogens with one attached hydrogen (secondary N) is 1. The van der Waals surface area contributed by atoms with Crippen LogP contribution in [0, 0.1) is 0 Å². The number of amides is 1. The Morgan fingerprint density at radius 2 is 1.90 bits per heavy atom. The van der Waals surface area contributed by atoms with Crippen LogP contribution >= 0.6 is 22.6 Å².